The van der Waals surface area contributed by atoms with E-state index in [1.165, 1.54) is 0 Å². The van der Waals surface area contributed by atoms with E-state index in [9.17, 15) is 9.59 Å². The minimum atomic E-state index is -0.155. The van der Waals surface area contributed by atoms with Gasteiger partial charge in [-0.3, -0.25) is 9.59 Å². The summed E-state index contributed by atoms with van der Waals surface area (Å²) >= 11 is 0. The first-order chi connectivity index (χ1) is 11.1. The summed E-state index contributed by atoms with van der Waals surface area (Å²) in [5.41, 5.74) is 1.29. The van der Waals surface area contributed by atoms with E-state index in [0.29, 0.717) is 35.9 Å². The van der Waals surface area contributed by atoms with Gasteiger partial charge < -0.3 is 15.2 Å². The van der Waals surface area contributed by atoms with Gasteiger partial charge in [0.25, 0.3) is 0 Å². The normalized spacial score (nSPS) is 10.3. The third kappa shape index (κ3) is 5.54. The zero-order valence-corrected chi connectivity index (χ0v) is 13.3. The molecule has 2 aromatic rings. The lowest BCUT2D eigenvalue weighted by atomic mass is 10.2. The summed E-state index contributed by atoms with van der Waals surface area (Å²) in [5, 5.41) is 9.25. The highest BCUT2D eigenvalue weighted by molar-refractivity contribution is 5.94. The summed E-state index contributed by atoms with van der Waals surface area (Å²) in [6, 6.07) is 7.05. The second kappa shape index (κ2) is 8.07. The van der Waals surface area contributed by atoms with E-state index in [1.54, 1.807) is 31.2 Å². The third-order valence-corrected chi connectivity index (χ3v) is 3.04. The average Bonchev–Trinajstić information content (AvgIpc) is 2.91. The summed E-state index contributed by atoms with van der Waals surface area (Å²) in [6.45, 7) is 3.67. The SMILES string of the molecule is CCCC(=O)Nc1cccc(NC(=O)CCc2nc(C)no2)c1. The van der Waals surface area contributed by atoms with Crippen LogP contribution in [0.15, 0.2) is 28.8 Å². The molecule has 0 radical (unpaired) electrons. The van der Waals surface area contributed by atoms with Crippen LogP contribution in [0.2, 0.25) is 0 Å². The van der Waals surface area contributed by atoms with Crippen molar-refractivity contribution in [2.75, 3.05) is 10.6 Å². The molecule has 0 unspecified atom stereocenters. The zero-order valence-electron chi connectivity index (χ0n) is 13.3. The van der Waals surface area contributed by atoms with Crippen molar-refractivity contribution in [2.24, 2.45) is 0 Å². The Labute approximate surface area is 134 Å². The van der Waals surface area contributed by atoms with Crippen molar-refractivity contribution in [3.8, 4) is 0 Å². The van der Waals surface area contributed by atoms with Gasteiger partial charge in [0.15, 0.2) is 5.82 Å². The van der Waals surface area contributed by atoms with Crippen molar-refractivity contribution in [1.82, 2.24) is 10.1 Å². The molecule has 7 nitrogen and oxygen atoms in total. The Balaban J connectivity index is 1.86. The van der Waals surface area contributed by atoms with Crippen LogP contribution in [0.3, 0.4) is 0 Å². The molecule has 0 aliphatic heterocycles. The van der Waals surface area contributed by atoms with E-state index < -0.39 is 0 Å². The highest BCUT2D eigenvalue weighted by Gasteiger charge is 2.08. The minimum Gasteiger partial charge on any atom is -0.339 e. The van der Waals surface area contributed by atoms with Gasteiger partial charge in [0.2, 0.25) is 17.7 Å². The first-order valence-electron chi connectivity index (χ1n) is 7.55. The van der Waals surface area contributed by atoms with Crippen molar-refractivity contribution < 1.29 is 14.1 Å². The Morgan fingerprint density at radius 3 is 2.35 bits per heavy atom. The van der Waals surface area contributed by atoms with E-state index in [4.69, 9.17) is 4.52 Å². The standard InChI is InChI=1S/C16H20N4O3/c1-3-5-14(21)18-12-6-4-7-13(10-12)19-15(22)8-9-16-17-11(2)20-23-16/h4,6-7,10H,3,5,8-9H2,1-2H3,(H,18,21)(H,19,22). The summed E-state index contributed by atoms with van der Waals surface area (Å²) in [7, 11) is 0. The first-order valence-corrected chi connectivity index (χ1v) is 7.55. The van der Waals surface area contributed by atoms with E-state index in [-0.39, 0.29) is 18.2 Å². The van der Waals surface area contributed by atoms with Crippen molar-refractivity contribution in [1.29, 1.82) is 0 Å². The van der Waals surface area contributed by atoms with Crippen LogP contribution in [0.4, 0.5) is 11.4 Å². The molecule has 1 aromatic heterocycles. The quantitative estimate of drug-likeness (QED) is 0.818. The van der Waals surface area contributed by atoms with Gasteiger partial charge in [0.05, 0.1) is 0 Å². The fourth-order valence-corrected chi connectivity index (χ4v) is 2.01. The number of rotatable bonds is 7. The molecule has 2 rings (SSSR count). The van der Waals surface area contributed by atoms with Crippen LogP contribution >= 0.6 is 0 Å². The van der Waals surface area contributed by atoms with Gasteiger partial charge in [0, 0.05) is 30.6 Å². The number of nitrogens with zero attached hydrogens (tertiary/aromatic N) is 2. The molecule has 122 valence electrons. The average molecular weight is 316 g/mol. The molecule has 0 aliphatic carbocycles. The van der Waals surface area contributed by atoms with Gasteiger partial charge in [0.1, 0.15) is 0 Å². The predicted molar refractivity (Wildman–Crippen MR) is 86.0 cm³/mol. The Morgan fingerprint density at radius 2 is 1.78 bits per heavy atom. The van der Waals surface area contributed by atoms with Crippen LogP contribution in [0.1, 0.15) is 37.9 Å². The van der Waals surface area contributed by atoms with Crippen molar-refractivity contribution in [3.63, 3.8) is 0 Å². The fourth-order valence-electron chi connectivity index (χ4n) is 2.01. The number of benzene rings is 1. The number of aryl methyl sites for hydroxylation is 2. The van der Waals surface area contributed by atoms with Crippen molar-refractivity contribution >= 4 is 23.2 Å². The maximum Gasteiger partial charge on any atom is 0.227 e. The molecular formula is C16H20N4O3. The zero-order chi connectivity index (χ0) is 16.7. The fraction of sp³-hybridized carbons (Fsp3) is 0.375. The first kappa shape index (κ1) is 16.7. The van der Waals surface area contributed by atoms with Crippen LogP contribution in [0.25, 0.3) is 0 Å². The largest absolute Gasteiger partial charge is 0.339 e. The lowest BCUT2D eigenvalue weighted by molar-refractivity contribution is -0.117. The number of aromatic nitrogens is 2. The lowest BCUT2D eigenvalue weighted by Gasteiger charge is -2.08. The van der Waals surface area contributed by atoms with Crippen LogP contribution < -0.4 is 10.6 Å². The van der Waals surface area contributed by atoms with E-state index in [0.717, 1.165) is 6.42 Å². The van der Waals surface area contributed by atoms with Gasteiger partial charge in [-0.2, -0.15) is 4.98 Å². The second-order valence-electron chi connectivity index (χ2n) is 5.16. The number of amides is 2. The molecule has 7 heteroatoms. The Bertz CT molecular complexity index is 681. The van der Waals surface area contributed by atoms with Gasteiger partial charge in [-0.15, -0.1) is 0 Å². The number of hydrogen-bond acceptors (Lipinski definition) is 5. The molecule has 0 fully saturated rings. The number of carbonyl (C=O) groups is 2. The topological polar surface area (TPSA) is 97.1 Å². The predicted octanol–water partition coefficient (Wildman–Crippen LogP) is 2.69. The van der Waals surface area contributed by atoms with Crippen LogP contribution in [0, 0.1) is 6.92 Å². The van der Waals surface area contributed by atoms with E-state index in [2.05, 4.69) is 20.8 Å². The Hall–Kier alpha value is -2.70. The second-order valence-corrected chi connectivity index (χ2v) is 5.16. The molecule has 2 amide bonds. The molecule has 2 N–H and O–H groups in total. The third-order valence-electron chi connectivity index (χ3n) is 3.04. The smallest absolute Gasteiger partial charge is 0.227 e. The summed E-state index contributed by atoms with van der Waals surface area (Å²) in [4.78, 5) is 27.6. The molecule has 1 aromatic carbocycles. The molecule has 1 heterocycles. The van der Waals surface area contributed by atoms with Crippen molar-refractivity contribution in [2.45, 2.75) is 39.5 Å². The van der Waals surface area contributed by atoms with E-state index >= 15 is 0 Å². The number of nitrogens with one attached hydrogen (secondary N) is 2. The van der Waals surface area contributed by atoms with E-state index in [1.807, 2.05) is 6.92 Å². The van der Waals surface area contributed by atoms with Crippen LogP contribution in [-0.4, -0.2) is 22.0 Å². The molecule has 0 spiro atoms. The lowest BCUT2D eigenvalue weighted by Crippen LogP contribution is -2.14. The monoisotopic (exact) mass is 316 g/mol. The van der Waals surface area contributed by atoms with Gasteiger partial charge in [-0.1, -0.05) is 18.1 Å². The highest BCUT2D eigenvalue weighted by Crippen LogP contribution is 2.16. The molecule has 0 saturated carbocycles. The number of anilines is 2. The minimum absolute atomic E-state index is 0.0391. The van der Waals surface area contributed by atoms with Gasteiger partial charge in [-0.25, -0.2) is 0 Å². The molecule has 0 saturated heterocycles. The summed E-state index contributed by atoms with van der Waals surface area (Å²) in [6.07, 6.45) is 1.89. The maximum absolute atomic E-state index is 11.9. The maximum atomic E-state index is 11.9. The molecular weight excluding hydrogens is 296 g/mol. The molecule has 0 aliphatic rings. The van der Waals surface area contributed by atoms with Crippen molar-refractivity contribution in [3.05, 3.63) is 36.0 Å². The number of carbonyl (C=O) groups excluding carboxylic acids is 2. The van der Waals surface area contributed by atoms with Crippen LogP contribution in [0.5, 0.6) is 0 Å². The molecule has 23 heavy (non-hydrogen) atoms. The molecule has 0 bridgehead atoms. The summed E-state index contributed by atoms with van der Waals surface area (Å²) in [5.74, 6) is 0.801. The number of hydrogen-bond donors (Lipinski definition) is 2. The van der Waals surface area contributed by atoms with Gasteiger partial charge >= 0.3 is 0 Å². The molecule has 0 atom stereocenters. The summed E-state index contributed by atoms with van der Waals surface area (Å²) < 4.78 is 4.96. The highest BCUT2D eigenvalue weighted by atomic mass is 16.5. The van der Waals surface area contributed by atoms with Crippen LogP contribution in [-0.2, 0) is 16.0 Å². The Morgan fingerprint density at radius 1 is 1.13 bits per heavy atom. The Kier molecular flexibility index (Phi) is 5.85. The van der Waals surface area contributed by atoms with Gasteiger partial charge in [-0.05, 0) is 31.5 Å².